The van der Waals surface area contributed by atoms with E-state index in [1.165, 1.54) is 25.7 Å². The molecule has 0 saturated carbocycles. The van der Waals surface area contributed by atoms with E-state index < -0.39 is 0 Å². The molecule has 0 radical (unpaired) electrons. The first-order chi connectivity index (χ1) is 10.6. The van der Waals surface area contributed by atoms with Crippen molar-refractivity contribution in [2.24, 2.45) is 5.92 Å². The molecule has 0 heterocycles. The van der Waals surface area contributed by atoms with E-state index in [-0.39, 0.29) is 5.78 Å². The fourth-order valence-electron chi connectivity index (χ4n) is 2.63. The van der Waals surface area contributed by atoms with Crippen molar-refractivity contribution in [1.29, 1.82) is 0 Å². The fraction of sp³-hybridized carbons (Fsp3) is 0.579. The average Bonchev–Trinajstić information content (AvgIpc) is 2.50. The minimum Gasteiger partial charge on any atom is -0.350 e. The van der Waals surface area contributed by atoms with Crippen molar-refractivity contribution in [3.63, 3.8) is 0 Å². The third-order valence-electron chi connectivity index (χ3n) is 3.95. The number of rotatable bonds is 10. The normalized spacial score (nSPS) is 12.0. The lowest BCUT2D eigenvalue weighted by molar-refractivity contribution is 0.101. The second-order valence-electron chi connectivity index (χ2n) is 5.96. The maximum Gasteiger partial charge on any atom is 0.159 e. The fourth-order valence-corrected chi connectivity index (χ4v) is 2.99. The molecule has 1 aromatic rings. The number of nitrogens with one attached hydrogen (secondary N) is 1. The van der Waals surface area contributed by atoms with Gasteiger partial charge in [0.1, 0.15) is 0 Å². The summed E-state index contributed by atoms with van der Waals surface area (Å²) in [5.41, 5.74) is 1.65. The summed E-state index contributed by atoms with van der Waals surface area (Å²) in [5, 5.41) is 3.34. The van der Waals surface area contributed by atoms with Crippen molar-refractivity contribution in [2.75, 3.05) is 5.32 Å². The molecule has 0 bridgehead atoms. The smallest absolute Gasteiger partial charge is 0.159 e. The van der Waals surface area contributed by atoms with Crippen LogP contribution in [-0.4, -0.2) is 10.8 Å². The summed E-state index contributed by atoms with van der Waals surface area (Å²) in [6, 6.07) is 7.59. The van der Waals surface area contributed by atoms with Crippen LogP contribution < -0.4 is 5.32 Å². The van der Waals surface area contributed by atoms with E-state index >= 15 is 0 Å². The minimum atomic E-state index is 0.0826. The Balaban J connectivity index is 2.62. The Morgan fingerprint density at radius 2 is 1.91 bits per heavy atom. The molecule has 122 valence electrons. The van der Waals surface area contributed by atoms with Gasteiger partial charge in [0.2, 0.25) is 0 Å². The second kappa shape index (κ2) is 10.5. The second-order valence-corrected chi connectivity index (χ2v) is 6.40. The lowest BCUT2D eigenvalue weighted by atomic mass is 9.96. The zero-order valence-corrected chi connectivity index (χ0v) is 15.0. The monoisotopic (exact) mass is 319 g/mol. The van der Waals surface area contributed by atoms with Crippen LogP contribution in [0.5, 0.6) is 0 Å². The van der Waals surface area contributed by atoms with Gasteiger partial charge in [0.25, 0.3) is 0 Å². The van der Waals surface area contributed by atoms with E-state index in [0.29, 0.717) is 5.92 Å². The van der Waals surface area contributed by atoms with Crippen molar-refractivity contribution in [1.82, 2.24) is 0 Å². The first kappa shape index (κ1) is 18.8. The number of benzene rings is 1. The Bertz CT molecular complexity index is 484. The van der Waals surface area contributed by atoms with Gasteiger partial charge in [0, 0.05) is 17.2 Å². The molecular formula is C19H29NOS. The Labute approximate surface area is 140 Å². The molecule has 1 N–H and O–H groups in total. The van der Waals surface area contributed by atoms with Crippen molar-refractivity contribution in [3.05, 3.63) is 29.8 Å². The van der Waals surface area contributed by atoms with Crippen molar-refractivity contribution in [3.8, 4) is 0 Å². The summed E-state index contributed by atoms with van der Waals surface area (Å²) in [7, 11) is 0. The van der Waals surface area contributed by atoms with Crippen LogP contribution >= 0.6 is 12.2 Å². The molecule has 0 amide bonds. The number of thiocarbonyl (C=S) groups is 1. The van der Waals surface area contributed by atoms with Gasteiger partial charge in [-0.15, -0.1) is 0 Å². The minimum absolute atomic E-state index is 0.0826. The van der Waals surface area contributed by atoms with Gasteiger partial charge in [-0.2, -0.15) is 0 Å². The van der Waals surface area contributed by atoms with E-state index in [9.17, 15) is 4.79 Å². The summed E-state index contributed by atoms with van der Waals surface area (Å²) in [6.07, 6.45) is 8.54. The molecule has 0 fully saturated rings. The molecule has 3 heteroatoms. The van der Waals surface area contributed by atoms with E-state index in [1.54, 1.807) is 6.92 Å². The molecule has 0 spiro atoms. The highest BCUT2D eigenvalue weighted by Gasteiger charge is 2.14. The predicted molar refractivity (Wildman–Crippen MR) is 99.8 cm³/mol. The van der Waals surface area contributed by atoms with Crippen LogP contribution in [0.2, 0.25) is 0 Å². The first-order valence-corrected chi connectivity index (χ1v) is 8.91. The lowest BCUT2D eigenvalue weighted by Gasteiger charge is -2.19. The maximum absolute atomic E-state index is 11.5. The molecule has 0 aliphatic rings. The molecule has 1 atom stereocenters. The zero-order valence-electron chi connectivity index (χ0n) is 14.2. The Morgan fingerprint density at radius 3 is 2.55 bits per heavy atom. The summed E-state index contributed by atoms with van der Waals surface area (Å²) in [4.78, 5) is 12.4. The van der Waals surface area contributed by atoms with Gasteiger partial charge < -0.3 is 5.32 Å². The molecule has 1 unspecified atom stereocenters. The van der Waals surface area contributed by atoms with Crippen LogP contribution in [0.1, 0.15) is 76.1 Å². The highest BCUT2D eigenvalue weighted by molar-refractivity contribution is 7.80. The van der Waals surface area contributed by atoms with E-state index in [1.807, 2.05) is 24.3 Å². The topological polar surface area (TPSA) is 29.1 Å². The first-order valence-electron chi connectivity index (χ1n) is 8.50. The summed E-state index contributed by atoms with van der Waals surface area (Å²) < 4.78 is 0. The number of ketones is 1. The Kier molecular flexibility index (Phi) is 8.98. The summed E-state index contributed by atoms with van der Waals surface area (Å²) in [5.74, 6) is 0.525. The third kappa shape index (κ3) is 6.69. The molecule has 1 rings (SSSR count). The van der Waals surface area contributed by atoms with Gasteiger partial charge in [-0.05, 0) is 31.9 Å². The number of hydrogen-bond donors (Lipinski definition) is 1. The van der Waals surface area contributed by atoms with Gasteiger partial charge in [-0.1, -0.05) is 70.3 Å². The van der Waals surface area contributed by atoms with Gasteiger partial charge in [-0.25, -0.2) is 0 Å². The van der Waals surface area contributed by atoms with Crippen molar-refractivity contribution in [2.45, 2.75) is 65.7 Å². The average molecular weight is 320 g/mol. The molecule has 2 nitrogen and oxygen atoms in total. The molecule has 0 aliphatic carbocycles. The highest BCUT2D eigenvalue weighted by atomic mass is 32.1. The summed E-state index contributed by atoms with van der Waals surface area (Å²) >= 11 is 5.61. The van der Waals surface area contributed by atoms with Crippen LogP contribution in [-0.2, 0) is 0 Å². The third-order valence-corrected chi connectivity index (χ3v) is 4.39. The SMILES string of the molecule is CCCCCCC(CCC)C(=S)Nc1cccc(C(C)=O)c1. The van der Waals surface area contributed by atoms with Gasteiger partial charge >= 0.3 is 0 Å². The number of carbonyl (C=O) groups excluding carboxylic acids is 1. The van der Waals surface area contributed by atoms with Gasteiger partial charge in [0.15, 0.2) is 5.78 Å². The highest BCUT2D eigenvalue weighted by Crippen LogP contribution is 2.20. The van der Waals surface area contributed by atoms with Crippen molar-refractivity contribution >= 4 is 28.7 Å². The molecule has 1 aromatic carbocycles. The number of carbonyl (C=O) groups is 1. The molecule has 0 aromatic heterocycles. The number of hydrogen-bond acceptors (Lipinski definition) is 2. The number of Topliss-reactive ketones (excluding diaryl/α,β-unsaturated/α-hetero) is 1. The van der Waals surface area contributed by atoms with Crippen LogP contribution in [0.25, 0.3) is 0 Å². The quantitative estimate of drug-likeness (QED) is 0.325. The molecule has 0 aliphatic heterocycles. The predicted octanol–water partition coefficient (Wildman–Crippen LogP) is 6.02. The maximum atomic E-state index is 11.5. The Morgan fingerprint density at radius 1 is 1.14 bits per heavy atom. The summed E-state index contributed by atoms with van der Waals surface area (Å²) in [6.45, 7) is 6.03. The number of unbranched alkanes of at least 4 members (excludes halogenated alkanes) is 3. The van der Waals surface area contributed by atoms with E-state index in [0.717, 1.165) is 35.5 Å². The molecule has 22 heavy (non-hydrogen) atoms. The van der Waals surface area contributed by atoms with Crippen LogP contribution in [0.3, 0.4) is 0 Å². The van der Waals surface area contributed by atoms with E-state index in [4.69, 9.17) is 12.2 Å². The lowest BCUT2D eigenvalue weighted by Crippen LogP contribution is -2.21. The standard InChI is InChI=1S/C19H29NOS/c1-4-6-7-8-11-16(10-5-2)19(22)20-18-13-9-12-17(14-18)15(3)21/h9,12-14,16H,4-8,10-11H2,1-3H3,(H,20,22). The van der Waals surface area contributed by atoms with Crippen LogP contribution in [0, 0.1) is 5.92 Å². The van der Waals surface area contributed by atoms with Crippen LogP contribution in [0.15, 0.2) is 24.3 Å². The van der Waals surface area contributed by atoms with E-state index in [2.05, 4.69) is 19.2 Å². The number of anilines is 1. The zero-order chi connectivity index (χ0) is 16.4. The Hall–Kier alpha value is -1.22. The van der Waals surface area contributed by atoms with Crippen molar-refractivity contribution < 1.29 is 4.79 Å². The van der Waals surface area contributed by atoms with Gasteiger partial charge in [0.05, 0.1) is 4.99 Å². The van der Waals surface area contributed by atoms with Crippen LogP contribution in [0.4, 0.5) is 5.69 Å². The molecular weight excluding hydrogens is 290 g/mol. The van der Waals surface area contributed by atoms with Gasteiger partial charge in [-0.3, -0.25) is 4.79 Å². The largest absolute Gasteiger partial charge is 0.350 e. The molecule has 0 saturated heterocycles.